The van der Waals surface area contributed by atoms with Crippen LogP contribution in [-0.2, 0) is 14.3 Å². The molecule has 1 heterocycles. The summed E-state index contributed by atoms with van der Waals surface area (Å²) in [6.07, 6.45) is 2.62. The highest BCUT2D eigenvalue weighted by atomic mass is 79.9. The van der Waals surface area contributed by atoms with E-state index in [0.29, 0.717) is 47.2 Å². The van der Waals surface area contributed by atoms with Crippen molar-refractivity contribution in [1.82, 2.24) is 0 Å². The monoisotopic (exact) mass is 449 g/mol. The topological polar surface area (TPSA) is 85.2 Å². The van der Waals surface area contributed by atoms with E-state index < -0.39 is 11.8 Å². The molecule has 0 saturated heterocycles. The Bertz CT molecular complexity index is 874. The lowest BCUT2D eigenvalue weighted by molar-refractivity contribution is -0.146. The van der Waals surface area contributed by atoms with E-state index in [9.17, 15) is 14.7 Å². The van der Waals surface area contributed by atoms with Gasteiger partial charge in [0.2, 0.25) is 0 Å². The molecule has 1 aliphatic heterocycles. The van der Waals surface area contributed by atoms with Crippen molar-refractivity contribution in [1.29, 1.82) is 0 Å². The Kier molecular flexibility index (Phi) is 6.23. The number of benzene rings is 1. The predicted molar refractivity (Wildman–Crippen MR) is 109 cm³/mol. The van der Waals surface area contributed by atoms with Crippen LogP contribution in [0.4, 0.5) is 0 Å². The van der Waals surface area contributed by atoms with Gasteiger partial charge >= 0.3 is 5.97 Å². The van der Waals surface area contributed by atoms with Gasteiger partial charge in [-0.3, -0.25) is 14.6 Å². The first-order valence-corrected chi connectivity index (χ1v) is 10.2. The number of aliphatic imine (C=N–C) groups is 1. The molecule has 1 unspecified atom stereocenters. The molecule has 0 radical (unpaired) electrons. The van der Waals surface area contributed by atoms with Crippen LogP contribution in [0.3, 0.4) is 0 Å². The quantitative estimate of drug-likeness (QED) is 0.677. The van der Waals surface area contributed by atoms with Gasteiger partial charge in [0.25, 0.3) is 0 Å². The van der Waals surface area contributed by atoms with Gasteiger partial charge in [-0.2, -0.15) is 0 Å². The second-order valence-electron chi connectivity index (χ2n) is 7.07. The van der Waals surface area contributed by atoms with E-state index in [4.69, 9.17) is 9.47 Å². The molecule has 0 saturated carbocycles. The third-order valence-electron chi connectivity index (χ3n) is 5.17. The fourth-order valence-electron chi connectivity index (χ4n) is 3.89. The molecule has 3 rings (SSSR count). The highest BCUT2D eigenvalue weighted by Gasteiger charge is 2.43. The Balaban J connectivity index is 2.17. The molecule has 28 heavy (non-hydrogen) atoms. The summed E-state index contributed by atoms with van der Waals surface area (Å²) in [5.41, 5.74) is 2.68. The number of aromatic hydroxyl groups is 1. The number of ether oxygens (including phenoxy) is 2. The first-order chi connectivity index (χ1) is 13.4. The number of hydrogen-bond acceptors (Lipinski definition) is 6. The number of halogens is 1. The number of rotatable bonds is 5. The normalized spacial score (nSPS) is 21.9. The van der Waals surface area contributed by atoms with Gasteiger partial charge in [-0.1, -0.05) is 6.92 Å². The number of carbonyl (C=O) groups is 2. The summed E-state index contributed by atoms with van der Waals surface area (Å²) in [5.74, 6) is -1.33. The summed E-state index contributed by atoms with van der Waals surface area (Å²) in [7, 11) is 1.46. The van der Waals surface area contributed by atoms with E-state index in [1.165, 1.54) is 7.11 Å². The van der Waals surface area contributed by atoms with Gasteiger partial charge in [0, 0.05) is 29.3 Å². The minimum absolute atomic E-state index is 0.0129. The summed E-state index contributed by atoms with van der Waals surface area (Å²) in [4.78, 5) is 30.4. The molecule has 1 N–H and O–H groups in total. The van der Waals surface area contributed by atoms with Gasteiger partial charge in [0.05, 0.1) is 18.2 Å². The molecular formula is C21H24BrNO5. The molecule has 1 aliphatic carbocycles. The van der Waals surface area contributed by atoms with Crippen LogP contribution >= 0.6 is 15.9 Å². The van der Waals surface area contributed by atoms with Crippen molar-refractivity contribution in [2.45, 2.75) is 45.4 Å². The lowest BCUT2D eigenvalue weighted by Crippen LogP contribution is -2.37. The summed E-state index contributed by atoms with van der Waals surface area (Å²) in [6, 6.07) is 3.41. The second-order valence-corrected chi connectivity index (χ2v) is 7.92. The van der Waals surface area contributed by atoms with Crippen molar-refractivity contribution < 1.29 is 24.2 Å². The molecule has 150 valence electrons. The Hall–Kier alpha value is -2.15. The van der Waals surface area contributed by atoms with Crippen LogP contribution in [0, 0.1) is 5.92 Å². The number of Topliss-reactive ketones (excluding diaryl/α,β-unsaturated/α-hetero) is 1. The van der Waals surface area contributed by atoms with Crippen molar-refractivity contribution >= 4 is 33.4 Å². The van der Waals surface area contributed by atoms with Crippen LogP contribution in [0.15, 0.2) is 32.9 Å². The van der Waals surface area contributed by atoms with E-state index in [0.717, 1.165) is 12.1 Å². The molecule has 1 aromatic rings. The van der Waals surface area contributed by atoms with Gasteiger partial charge < -0.3 is 14.6 Å². The lowest BCUT2D eigenvalue weighted by Gasteiger charge is -2.34. The molecule has 0 fully saturated rings. The van der Waals surface area contributed by atoms with Crippen molar-refractivity contribution in [2.75, 3.05) is 13.7 Å². The van der Waals surface area contributed by atoms with Gasteiger partial charge in [-0.25, -0.2) is 0 Å². The van der Waals surface area contributed by atoms with Gasteiger partial charge in [-0.05, 0) is 59.8 Å². The van der Waals surface area contributed by atoms with Crippen LogP contribution in [0.5, 0.6) is 11.5 Å². The van der Waals surface area contributed by atoms with E-state index in [1.54, 1.807) is 19.1 Å². The first-order valence-electron chi connectivity index (χ1n) is 9.43. The number of ketones is 1. The maximum absolute atomic E-state index is 12.9. The van der Waals surface area contributed by atoms with Crippen LogP contribution < -0.4 is 4.74 Å². The molecule has 2 atom stereocenters. The molecule has 0 amide bonds. The predicted octanol–water partition coefficient (Wildman–Crippen LogP) is 4.30. The number of allylic oxidation sites excluding steroid dienone is 2. The maximum Gasteiger partial charge on any atom is 0.315 e. The van der Waals surface area contributed by atoms with Gasteiger partial charge in [-0.15, -0.1) is 0 Å². The van der Waals surface area contributed by atoms with Crippen molar-refractivity contribution in [3.05, 3.63) is 33.4 Å². The van der Waals surface area contributed by atoms with E-state index >= 15 is 0 Å². The number of methoxy groups -OCH3 is 1. The number of phenols is 1. The molecule has 0 spiro atoms. The number of esters is 1. The minimum atomic E-state index is -0.687. The number of nitrogens with zero attached hydrogens (tertiary/aromatic N) is 1. The standard InChI is InChI=1S/C21H24BrNO5/c1-4-8-28-21(26)17-11(2)23-14-6-5-7-15(24)19(14)18(17)12-9-13(22)20(25)16(10-12)27-3/h9-10,17-18,25H,4-8H2,1-3H3/t17?,18-/m0/s1. The zero-order chi connectivity index (χ0) is 20.4. The van der Waals surface area contributed by atoms with E-state index in [1.807, 2.05) is 6.92 Å². The molecule has 2 aliphatic rings. The highest BCUT2D eigenvalue weighted by Crippen LogP contribution is 2.46. The third-order valence-corrected chi connectivity index (χ3v) is 5.77. The van der Waals surface area contributed by atoms with Crippen molar-refractivity contribution in [2.24, 2.45) is 10.9 Å². The third kappa shape index (κ3) is 3.72. The lowest BCUT2D eigenvalue weighted by atomic mass is 9.71. The Morgan fingerprint density at radius 2 is 2.11 bits per heavy atom. The molecule has 0 bridgehead atoms. The zero-order valence-corrected chi connectivity index (χ0v) is 17.8. The summed E-state index contributed by atoms with van der Waals surface area (Å²) in [6.45, 7) is 4.05. The van der Waals surface area contributed by atoms with Gasteiger partial charge in [0.15, 0.2) is 17.3 Å². The van der Waals surface area contributed by atoms with Crippen molar-refractivity contribution in [3.63, 3.8) is 0 Å². The van der Waals surface area contributed by atoms with E-state index in [2.05, 4.69) is 20.9 Å². The van der Waals surface area contributed by atoms with Crippen LogP contribution in [0.25, 0.3) is 0 Å². The Morgan fingerprint density at radius 1 is 1.36 bits per heavy atom. The van der Waals surface area contributed by atoms with Gasteiger partial charge in [0.1, 0.15) is 5.92 Å². The summed E-state index contributed by atoms with van der Waals surface area (Å²) >= 11 is 3.34. The van der Waals surface area contributed by atoms with Crippen molar-refractivity contribution in [3.8, 4) is 11.5 Å². The number of carbonyl (C=O) groups excluding carboxylic acids is 2. The van der Waals surface area contributed by atoms with Crippen LogP contribution in [0.1, 0.15) is 51.0 Å². The molecule has 7 heteroatoms. The summed E-state index contributed by atoms with van der Waals surface area (Å²) in [5, 5.41) is 10.2. The average molecular weight is 450 g/mol. The Morgan fingerprint density at radius 3 is 2.79 bits per heavy atom. The number of hydrogen-bond donors (Lipinski definition) is 1. The molecule has 0 aromatic heterocycles. The summed E-state index contributed by atoms with van der Waals surface area (Å²) < 4.78 is 11.2. The largest absolute Gasteiger partial charge is 0.503 e. The molecular weight excluding hydrogens is 426 g/mol. The molecule has 1 aromatic carbocycles. The maximum atomic E-state index is 12.9. The fraction of sp³-hybridized carbons (Fsp3) is 0.476. The van der Waals surface area contributed by atoms with Crippen LogP contribution in [-0.4, -0.2) is 36.3 Å². The number of phenolic OH excluding ortho intramolecular Hbond substituents is 1. The Labute approximate surface area is 172 Å². The van der Waals surface area contributed by atoms with E-state index in [-0.39, 0.29) is 23.3 Å². The minimum Gasteiger partial charge on any atom is -0.503 e. The highest BCUT2D eigenvalue weighted by molar-refractivity contribution is 9.10. The average Bonchev–Trinajstić information content (AvgIpc) is 2.67. The smallest absolute Gasteiger partial charge is 0.315 e. The zero-order valence-electron chi connectivity index (χ0n) is 16.3. The molecule has 6 nitrogen and oxygen atoms in total. The second kappa shape index (κ2) is 8.47. The van der Waals surface area contributed by atoms with Crippen LogP contribution in [0.2, 0.25) is 0 Å². The SMILES string of the molecule is CCCOC(=O)C1C(C)=NC2=C(C(=O)CCC2)[C@H]1c1cc(Br)c(O)c(OC)c1. The fourth-order valence-corrected chi connectivity index (χ4v) is 4.35. The first kappa shape index (κ1) is 20.6.